The Balaban J connectivity index is 1.56. The lowest BCUT2D eigenvalue weighted by Gasteiger charge is -2.25. The van der Waals surface area contributed by atoms with Crippen molar-refractivity contribution >= 4 is 57.2 Å². The summed E-state index contributed by atoms with van der Waals surface area (Å²) in [6.45, 7) is 1.22. The maximum absolute atomic E-state index is 13.0. The fourth-order valence-corrected chi connectivity index (χ4v) is 4.34. The number of alkyl halides is 2. The molecule has 0 aliphatic rings. The maximum atomic E-state index is 13.0. The molecule has 0 saturated carbocycles. The first kappa shape index (κ1) is 25.3. The SMILES string of the molecule is COc1cc(NC(=O)c2ccc3nc(-c4cc([N+](=O)[O-])cn4C)[nH]c3c2)ccc1N(CCCl)CCCl. The first-order valence-corrected chi connectivity index (χ1v) is 12.1. The quantitative estimate of drug-likeness (QED) is 0.169. The van der Waals surface area contributed by atoms with Gasteiger partial charge in [0.15, 0.2) is 5.82 Å². The minimum atomic E-state index is -0.455. The van der Waals surface area contributed by atoms with Crippen LogP contribution in [0.3, 0.4) is 0 Å². The van der Waals surface area contributed by atoms with Crippen LogP contribution >= 0.6 is 23.2 Å². The fraction of sp³-hybridized carbons (Fsp3) is 0.250. The molecule has 36 heavy (non-hydrogen) atoms. The van der Waals surface area contributed by atoms with Crippen molar-refractivity contribution in [2.45, 2.75) is 0 Å². The number of hydrogen-bond acceptors (Lipinski definition) is 6. The monoisotopic (exact) mass is 530 g/mol. The zero-order valence-corrected chi connectivity index (χ0v) is 21.1. The van der Waals surface area contributed by atoms with Gasteiger partial charge in [-0.15, -0.1) is 23.2 Å². The normalized spacial score (nSPS) is 11.0. The molecule has 1 amide bonds. The van der Waals surface area contributed by atoms with Gasteiger partial charge in [-0.05, 0) is 30.3 Å². The third kappa shape index (κ3) is 5.24. The molecule has 2 aromatic carbocycles. The van der Waals surface area contributed by atoms with Crippen molar-refractivity contribution in [2.75, 3.05) is 42.2 Å². The number of aromatic nitrogens is 3. The number of aromatic amines is 1. The van der Waals surface area contributed by atoms with Crippen molar-refractivity contribution in [2.24, 2.45) is 7.05 Å². The van der Waals surface area contributed by atoms with Gasteiger partial charge in [0, 0.05) is 55.3 Å². The van der Waals surface area contributed by atoms with Gasteiger partial charge in [-0.1, -0.05) is 0 Å². The lowest BCUT2D eigenvalue weighted by atomic mass is 10.1. The molecule has 0 radical (unpaired) electrons. The number of rotatable bonds is 10. The van der Waals surface area contributed by atoms with E-state index in [1.165, 1.54) is 12.3 Å². The lowest BCUT2D eigenvalue weighted by molar-refractivity contribution is -0.384. The molecular formula is C24H24Cl2N6O4. The van der Waals surface area contributed by atoms with Crippen LogP contribution in [-0.4, -0.2) is 57.3 Å². The molecule has 2 heterocycles. The van der Waals surface area contributed by atoms with Crippen molar-refractivity contribution in [1.29, 1.82) is 0 Å². The van der Waals surface area contributed by atoms with E-state index < -0.39 is 4.92 Å². The minimum Gasteiger partial charge on any atom is -0.495 e. The number of amides is 1. The predicted molar refractivity (Wildman–Crippen MR) is 142 cm³/mol. The highest BCUT2D eigenvalue weighted by molar-refractivity contribution is 6.18. The van der Waals surface area contributed by atoms with Crippen LogP contribution in [0, 0.1) is 10.1 Å². The summed E-state index contributed by atoms with van der Waals surface area (Å²) >= 11 is 11.9. The van der Waals surface area contributed by atoms with E-state index in [-0.39, 0.29) is 11.6 Å². The molecule has 0 atom stereocenters. The number of H-pyrrole nitrogens is 1. The number of nitro groups is 1. The molecule has 0 saturated heterocycles. The second-order valence-electron chi connectivity index (χ2n) is 7.97. The van der Waals surface area contributed by atoms with Gasteiger partial charge < -0.3 is 24.5 Å². The van der Waals surface area contributed by atoms with E-state index in [9.17, 15) is 14.9 Å². The van der Waals surface area contributed by atoms with Gasteiger partial charge in [-0.3, -0.25) is 14.9 Å². The van der Waals surface area contributed by atoms with Gasteiger partial charge in [0.25, 0.3) is 11.6 Å². The van der Waals surface area contributed by atoms with E-state index in [4.69, 9.17) is 27.9 Å². The molecule has 2 aromatic heterocycles. The topological polar surface area (TPSA) is 118 Å². The maximum Gasteiger partial charge on any atom is 0.287 e. The Morgan fingerprint density at radius 3 is 2.58 bits per heavy atom. The van der Waals surface area contributed by atoms with Crippen molar-refractivity contribution in [1.82, 2.24) is 14.5 Å². The average Bonchev–Trinajstić information content (AvgIpc) is 3.46. The number of halogens is 2. The van der Waals surface area contributed by atoms with Gasteiger partial charge in [-0.25, -0.2) is 4.98 Å². The Hall–Kier alpha value is -3.76. The second kappa shape index (κ2) is 10.9. The van der Waals surface area contributed by atoms with Gasteiger partial charge in [-0.2, -0.15) is 0 Å². The van der Waals surface area contributed by atoms with Gasteiger partial charge >= 0.3 is 0 Å². The van der Waals surface area contributed by atoms with Crippen LogP contribution in [-0.2, 0) is 7.05 Å². The Morgan fingerprint density at radius 1 is 1.19 bits per heavy atom. The molecule has 188 valence electrons. The third-order valence-corrected chi connectivity index (χ3v) is 6.01. The molecule has 2 N–H and O–H groups in total. The molecule has 0 bridgehead atoms. The number of ether oxygens (including phenoxy) is 1. The third-order valence-electron chi connectivity index (χ3n) is 5.68. The number of aryl methyl sites for hydroxylation is 1. The summed E-state index contributed by atoms with van der Waals surface area (Å²) in [5.41, 5.74) is 3.63. The molecule has 4 aromatic rings. The Labute approximate surface area is 216 Å². The number of benzene rings is 2. The number of fused-ring (bicyclic) bond motifs is 1. The molecule has 4 rings (SSSR count). The van der Waals surface area contributed by atoms with Gasteiger partial charge in [0.05, 0.1) is 40.6 Å². The number of methoxy groups -OCH3 is 1. The highest BCUT2D eigenvalue weighted by atomic mass is 35.5. The molecule has 0 unspecified atom stereocenters. The second-order valence-corrected chi connectivity index (χ2v) is 8.73. The van der Waals surface area contributed by atoms with Crippen molar-refractivity contribution < 1.29 is 14.5 Å². The number of imidazole rings is 1. The van der Waals surface area contributed by atoms with Crippen LogP contribution in [0.2, 0.25) is 0 Å². The van der Waals surface area contributed by atoms with E-state index >= 15 is 0 Å². The minimum absolute atomic E-state index is 0.0251. The summed E-state index contributed by atoms with van der Waals surface area (Å²) in [5.74, 6) is 1.63. The Morgan fingerprint density at radius 2 is 1.94 bits per heavy atom. The summed E-state index contributed by atoms with van der Waals surface area (Å²) in [6.07, 6.45) is 1.42. The molecule has 0 fully saturated rings. The van der Waals surface area contributed by atoms with Crippen LogP contribution in [0.4, 0.5) is 17.1 Å². The first-order chi connectivity index (χ1) is 17.3. The Kier molecular flexibility index (Phi) is 7.66. The number of nitrogens with zero attached hydrogens (tertiary/aromatic N) is 4. The average molecular weight is 531 g/mol. The van der Waals surface area contributed by atoms with Crippen molar-refractivity contribution in [3.8, 4) is 17.3 Å². The highest BCUT2D eigenvalue weighted by Crippen LogP contribution is 2.32. The summed E-state index contributed by atoms with van der Waals surface area (Å²) < 4.78 is 7.17. The van der Waals surface area contributed by atoms with Crippen LogP contribution in [0.25, 0.3) is 22.6 Å². The fourth-order valence-electron chi connectivity index (χ4n) is 3.93. The highest BCUT2D eigenvalue weighted by Gasteiger charge is 2.18. The van der Waals surface area contributed by atoms with E-state index in [0.717, 1.165) is 5.69 Å². The number of hydrogen-bond donors (Lipinski definition) is 2. The van der Waals surface area contributed by atoms with Crippen molar-refractivity contribution in [3.05, 3.63) is 64.3 Å². The van der Waals surface area contributed by atoms with E-state index in [2.05, 4.69) is 15.3 Å². The molecular weight excluding hydrogens is 507 g/mol. The summed E-state index contributed by atoms with van der Waals surface area (Å²) in [6, 6.07) is 11.9. The molecule has 0 aliphatic heterocycles. The largest absolute Gasteiger partial charge is 0.495 e. The standard InChI is InChI=1S/C24H24Cl2N6O4/c1-30-14-17(32(34)35)13-21(30)23-28-18-5-3-15(11-19(18)29-23)24(33)27-16-4-6-20(22(12-16)36-2)31(9-7-25)10-8-26/h3-6,11-14H,7-10H2,1-2H3,(H,27,33)(H,28,29). The van der Waals surface area contributed by atoms with E-state index in [1.807, 2.05) is 11.0 Å². The number of anilines is 2. The van der Waals surface area contributed by atoms with Crippen molar-refractivity contribution in [3.63, 3.8) is 0 Å². The summed E-state index contributed by atoms with van der Waals surface area (Å²) in [4.78, 5) is 33.3. The molecule has 0 spiro atoms. The molecule has 10 nitrogen and oxygen atoms in total. The number of carbonyl (C=O) groups is 1. The number of carbonyl (C=O) groups excluding carboxylic acids is 1. The van der Waals surface area contributed by atoms with E-state index in [1.54, 1.807) is 49.1 Å². The van der Waals surface area contributed by atoms with Crippen LogP contribution in [0.5, 0.6) is 5.75 Å². The van der Waals surface area contributed by atoms with Crippen LogP contribution in [0.1, 0.15) is 10.4 Å². The smallest absolute Gasteiger partial charge is 0.287 e. The molecule has 0 aliphatic carbocycles. The number of nitrogens with one attached hydrogen (secondary N) is 2. The Bertz CT molecular complexity index is 1410. The van der Waals surface area contributed by atoms with Crippen LogP contribution < -0.4 is 15.0 Å². The van der Waals surface area contributed by atoms with E-state index in [0.29, 0.717) is 64.4 Å². The van der Waals surface area contributed by atoms with Crippen LogP contribution in [0.15, 0.2) is 48.7 Å². The van der Waals surface area contributed by atoms with Gasteiger partial charge in [0.1, 0.15) is 5.75 Å². The zero-order chi connectivity index (χ0) is 25.8. The summed E-state index contributed by atoms with van der Waals surface area (Å²) in [5, 5.41) is 14.0. The predicted octanol–water partition coefficient (Wildman–Crippen LogP) is 5.02. The first-order valence-electron chi connectivity index (χ1n) is 11.0. The van der Waals surface area contributed by atoms with Gasteiger partial charge in [0.2, 0.25) is 0 Å². The molecule has 12 heteroatoms. The summed E-state index contributed by atoms with van der Waals surface area (Å²) in [7, 11) is 3.27. The lowest BCUT2D eigenvalue weighted by Crippen LogP contribution is -2.28. The zero-order valence-electron chi connectivity index (χ0n) is 19.6.